The number of halogens is 1. The number of aromatic nitrogens is 2. The fourth-order valence-corrected chi connectivity index (χ4v) is 4.39. The third kappa shape index (κ3) is 6.20. The van der Waals surface area contributed by atoms with Crippen molar-refractivity contribution >= 4 is 22.8 Å². The molecule has 4 aromatic rings. The molecule has 0 spiro atoms. The van der Waals surface area contributed by atoms with E-state index in [4.69, 9.17) is 19.9 Å². The second kappa shape index (κ2) is 11.7. The molecule has 0 unspecified atom stereocenters. The van der Waals surface area contributed by atoms with Gasteiger partial charge in [-0.1, -0.05) is 12.1 Å². The summed E-state index contributed by atoms with van der Waals surface area (Å²) in [6, 6.07) is 16.3. The lowest BCUT2D eigenvalue weighted by atomic mass is 10.2. The number of fused-ring (bicyclic) bond motifs is 1. The first-order valence-electron chi connectivity index (χ1n) is 12.0. The standard InChI is InChI=1S/C28H29FN4O6/c1-37-21-6-4-5-18(9-21)15-32-24-8-7-20(29)12-25(24)33(28(32)36)17-27(35)31(16-26(30)34)14-19-10-22(38-2)13-23(11-19)39-3/h4-13H,14-17H2,1-3H3,(H2,30,34). The number of methoxy groups -OCH3 is 3. The van der Waals surface area contributed by atoms with Gasteiger partial charge in [0.1, 0.15) is 29.6 Å². The van der Waals surface area contributed by atoms with Crippen molar-refractivity contribution in [3.8, 4) is 17.2 Å². The molecule has 4 rings (SSSR count). The molecule has 0 bridgehead atoms. The van der Waals surface area contributed by atoms with Gasteiger partial charge in [-0.25, -0.2) is 9.18 Å². The number of ether oxygens (including phenoxy) is 3. The van der Waals surface area contributed by atoms with Gasteiger partial charge in [-0.15, -0.1) is 0 Å². The number of hydrogen-bond acceptors (Lipinski definition) is 6. The van der Waals surface area contributed by atoms with Crippen LogP contribution in [0.3, 0.4) is 0 Å². The maximum Gasteiger partial charge on any atom is 0.329 e. The average Bonchev–Trinajstić information content (AvgIpc) is 3.17. The molecule has 0 radical (unpaired) electrons. The number of amides is 2. The molecule has 0 saturated heterocycles. The highest BCUT2D eigenvalue weighted by Gasteiger charge is 2.22. The average molecular weight is 537 g/mol. The normalized spacial score (nSPS) is 10.9. The summed E-state index contributed by atoms with van der Waals surface area (Å²) in [5, 5.41) is 0. The van der Waals surface area contributed by atoms with E-state index in [2.05, 4.69) is 0 Å². The Bertz CT molecular complexity index is 1560. The van der Waals surface area contributed by atoms with E-state index < -0.39 is 29.9 Å². The SMILES string of the molecule is COc1cccc(Cn2c(=O)n(CC(=O)N(CC(N)=O)Cc3cc(OC)cc(OC)c3)c3cc(F)ccc32)c1. The Balaban J connectivity index is 1.70. The third-order valence-corrected chi connectivity index (χ3v) is 6.23. The van der Waals surface area contributed by atoms with Crippen molar-refractivity contribution in [2.24, 2.45) is 5.73 Å². The molecule has 0 fully saturated rings. The van der Waals surface area contributed by atoms with Crippen molar-refractivity contribution in [2.45, 2.75) is 19.6 Å². The number of nitrogens with zero attached hydrogens (tertiary/aromatic N) is 3. The molecule has 10 nitrogen and oxygen atoms in total. The van der Waals surface area contributed by atoms with Gasteiger partial charge < -0.3 is 24.8 Å². The van der Waals surface area contributed by atoms with E-state index in [1.54, 1.807) is 43.5 Å². The summed E-state index contributed by atoms with van der Waals surface area (Å²) < 4.78 is 32.8. The largest absolute Gasteiger partial charge is 0.497 e. The molecule has 2 amide bonds. The fourth-order valence-electron chi connectivity index (χ4n) is 4.39. The maximum absolute atomic E-state index is 14.3. The maximum atomic E-state index is 14.3. The van der Waals surface area contributed by atoms with E-state index in [0.717, 1.165) is 5.56 Å². The zero-order valence-corrected chi connectivity index (χ0v) is 21.8. The zero-order valence-electron chi connectivity index (χ0n) is 21.8. The lowest BCUT2D eigenvalue weighted by molar-refractivity contribution is -0.136. The van der Waals surface area contributed by atoms with Crippen molar-refractivity contribution in [1.29, 1.82) is 0 Å². The van der Waals surface area contributed by atoms with Gasteiger partial charge in [-0.2, -0.15) is 0 Å². The summed E-state index contributed by atoms with van der Waals surface area (Å²) in [4.78, 5) is 40.1. The Morgan fingerprint density at radius 1 is 0.846 bits per heavy atom. The van der Waals surface area contributed by atoms with Gasteiger partial charge in [0.2, 0.25) is 11.8 Å². The minimum absolute atomic E-state index is 0.000889. The summed E-state index contributed by atoms with van der Waals surface area (Å²) in [5.41, 5.74) is 7.04. The van der Waals surface area contributed by atoms with Crippen LogP contribution in [-0.4, -0.2) is 53.7 Å². The molecule has 0 aliphatic carbocycles. The lowest BCUT2D eigenvalue weighted by Crippen LogP contribution is -2.41. The van der Waals surface area contributed by atoms with E-state index in [1.165, 1.54) is 46.5 Å². The second-order valence-corrected chi connectivity index (χ2v) is 8.88. The van der Waals surface area contributed by atoms with Gasteiger partial charge >= 0.3 is 5.69 Å². The van der Waals surface area contributed by atoms with Gasteiger partial charge in [0.05, 0.1) is 45.5 Å². The Labute approximate surface area is 223 Å². The molecule has 204 valence electrons. The predicted molar refractivity (Wildman–Crippen MR) is 142 cm³/mol. The van der Waals surface area contributed by atoms with Gasteiger partial charge in [0.15, 0.2) is 0 Å². The van der Waals surface area contributed by atoms with Crippen molar-refractivity contribution in [1.82, 2.24) is 14.0 Å². The lowest BCUT2D eigenvalue weighted by Gasteiger charge is -2.22. The summed E-state index contributed by atoms with van der Waals surface area (Å²) in [6.07, 6.45) is 0. The number of rotatable bonds is 11. The number of primary amides is 1. The molecule has 1 heterocycles. The zero-order chi connectivity index (χ0) is 28.1. The number of nitrogens with two attached hydrogens (primary N) is 1. The monoisotopic (exact) mass is 536 g/mol. The summed E-state index contributed by atoms with van der Waals surface area (Å²) in [6.45, 7) is -0.642. The molecule has 0 aliphatic heterocycles. The van der Waals surface area contributed by atoms with Crippen LogP contribution < -0.4 is 25.6 Å². The minimum Gasteiger partial charge on any atom is -0.497 e. The van der Waals surface area contributed by atoms with E-state index >= 15 is 0 Å². The van der Waals surface area contributed by atoms with Gasteiger partial charge in [-0.3, -0.25) is 18.7 Å². The molecule has 39 heavy (non-hydrogen) atoms. The Kier molecular flexibility index (Phi) is 8.18. The van der Waals surface area contributed by atoms with Crippen molar-refractivity contribution < 1.29 is 28.2 Å². The molecule has 0 atom stereocenters. The van der Waals surface area contributed by atoms with Gasteiger partial charge in [-0.05, 0) is 53.6 Å². The number of hydrogen-bond donors (Lipinski definition) is 1. The van der Waals surface area contributed by atoms with Crippen LogP contribution in [0.2, 0.25) is 0 Å². The second-order valence-electron chi connectivity index (χ2n) is 8.88. The first kappa shape index (κ1) is 27.2. The first-order valence-corrected chi connectivity index (χ1v) is 12.0. The van der Waals surface area contributed by atoms with E-state index in [0.29, 0.717) is 28.3 Å². The van der Waals surface area contributed by atoms with Crippen molar-refractivity contribution in [2.75, 3.05) is 27.9 Å². The van der Waals surface area contributed by atoms with Crippen LogP contribution in [0.15, 0.2) is 65.5 Å². The van der Waals surface area contributed by atoms with Crippen LogP contribution in [-0.2, 0) is 29.2 Å². The smallest absolute Gasteiger partial charge is 0.329 e. The molecule has 3 aromatic carbocycles. The topological polar surface area (TPSA) is 118 Å². The fraction of sp³-hybridized carbons (Fsp3) is 0.250. The van der Waals surface area contributed by atoms with E-state index in [9.17, 15) is 18.8 Å². The van der Waals surface area contributed by atoms with Crippen molar-refractivity contribution in [3.63, 3.8) is 0 Å². The Hall–Kier alpha value is -4.80. The number of imidazole rings is 1. The quantitative estimate of drug-likeness (QED) is 0.315. The Morgan fingerprint density at radius 2 is 1.51 bits per heavy atom. The molecule has 2 N–H and O–H groups in total. The number of benzene rings is 3. The van der Waals surface area contributed by atoms with E-state index in [1.807, 2.05) is 6.07 Å². The van der Waals surface area contributed by atoms with E-state index in [-0.39, 0.29) is 25.2 Å². The van der Waals surface area contributed by atoms with Crippen LogP contribution in [0.5, 0.6) is 17.2 Å². The molecule has 11 heteroatoms. The number of carbonyl (C=O) groups is 2. The highest BCUT2D eigenvalue weighted by Crippen LogP contribution is 2.24. The highest BCUT2D eigenvalue weighted by atomic mass is 19.1. The summed E-state index contributed by atoms with van der Waals surface area (Å²) in [7, 11) is 4.54. The highest BCUT2D eigenvalue weighted by molar-refractivity contribution is 5.85. The van der Waals surface area contributed by atoms with Crippen LogP contribution in [0, 0.1) is 5.82 Å². The molecular weight excluding hydrogens is 507 g/mol. The van der Waals surface area contributed by atoms with Gasteiger partial charge in [0, 0.05) is 12.6 Å². The van der Waals surface area contributed by atoms with Crippen LogP contribution in [0.4, 0.5) is 4.39 Å². The molecule has 0 aliphatic rings. The minimum atomic E-state index is -0.725. The molecular formula is C28H29FN4O6. The van der Waals surface area contributed by atoms with Crippen LogP contribution in [0.25, 0.3) is 11.0 Å². The Morgan fingerprint density at radius 3 is 2.15 bits per heavy atom. The molecule has 0 saturated carbocycles. The number of carbonyl (C=O) groups excluding carboxylic acids is 2. The third-order valence-electron chi connectivity index (χ3n) is 6.23. The summed E-state index contributed by atoms with van der Waals surface area (Å²) in [5.74, 6) is -0.202. The van der Waals surface area contributed by atoms with Crippen molar-refractivity contribution in [3.05, 3.63) is 88.1 Å². The first-order chi connectivity index (χ1) is 18.7. The van der Waals surface area contributed by atoms with Crippen LogP contribution in [0.1, 0.15) is 11.1 Å². The predicted octanol–water partition coefficient (Wildman–Crippen LogP) is 2.53. The summed E-state index contributed by atoms with van der Waals surface area (Å²) >= 11 is 0. The van der Waals surface area contributed by atoms with Crippen LogP contribution >= 0.6 is 0 Å². The van der Waals surface area contributed by atoms with Gasteiger partial charge in [0.25, 0.3) is 0 Å². The molecule has 1 aromatic heterocycles.